The van der Waals surface area contributed by atoms with Gasteiger partial charge in [-0.2, -0.15) is 0 Å². The molecule has 4 aromatic rings. The molecule has 2 N–H and O–H groups in total. The molecular weight excluding hydrogens is 428 g/mol. The van der Waals surface area contributed by atoms with E-state index in [4.69, 9.17) is 16.5 Å². The minimum absolute atomic E-state index is 0.305. The van der Waals surface area contributed by atoms with Crippen molar-refractivity contribution >= 4 is 46.2 Å². The highest BCUT2D eigenvalue weighted by Gasteiger charge is 2.17. The van der Waals surface area contributed by atoms with Gasteiger partial charge < -0.3 is 9.72 Å². The highest BCUT2D eigenvalue weighted by Crippen LogP contribution is 2.27. The predicted octanol–water partition coefficient (Wildman–Crippen LogP) is 5.91. The summed E-state index contributed by atoms with van der Waals surface area (Å²) in [7, 11) is 0. The number of hydrogen-bond donors (Lipinski definition) is 2. The van der Waals surface area contributed by atoms with Gasteiger partial charge in [0.25, 0.3) is 5.91 Å². The fourth-order valence-electron chi connectivity index (χ4n) is 3.35. The molecule has 8 heteroatoms. The number of ether oxygens (including phenoxy) is 1. The summed E-state index contributed by atoms with van der Waals surface area (Å²) in [5.74, 6) is 0.331. The van der Waals surface area contributed by atoms with E-state index in [0.29, 0.717) is 29.4 Å². The number of benzene rings is 3. The number of aromatic amines is 1. The van der Waals surface area contributed by atoms with E-state index in [1.54, 1.807) is 43.3 Å². The quantitative estimate of drug-likeness (QED) is 0.371. The van der Waals surface area contributed by atoms with Crippen LogP contribution in [0.15, 0.2) is 66.7 Å². The maximum Gasteiger partial charge on any atom is 0.411 e. The molecular formula is C24H21ClN4O3. The smallest absolute Gasteiger partial charge is 0.411 e. The Hall–Kier alpha value is -3.84. The Kier molecular flexibility index (Phi) is 6.09. The number of aromatic nitrogens is 2. The van der Waals surface area contributed by atoms with E-state index < -0.39 is 6.09 Å². The minimum Gasteiger partial charge on any atom is -0.450 e. The molecule has 0 unspecified atom stereocenters. The van der Waals surface area contributed by atoms with Crippen molar-refractivity contribution in [3.8, 4) is 11.4 Å². The van der Waals surface area contributed by atoms with Gasteiger partial charge in [-0.3, -0.25) is 10.1 Å². The summed E-state index contributed by atoms with van der Waals surface area (Å²) in [6.07, 6.45) is -0.496. The van der Waals surface area contributed by atoms with Gasteiger partial charge in [0.05, 0.1) is 23.3 Å². The molecule has 3 aromatic carbocycles. The Morgan fingerprint density at radius 3 is 2.59 bits per heavy atom. The van der Waals surface area contributed by atoms with Crippen molar-refractivity contribution in [2.45, 2.75) is 13.8 Å². The third-order valence-corrected chi connectivity index (χ3v) is 5.24. The number of H-pyrrole nitrogens is 1. The fraction of sp³-hybridized carbons (Fsp3) is 0.125. The summed E-state index contributed by atoms with van der Waals surface area (Å²) >= 11 is 6.25. The van der Waals surface area contributed by atoms with Crippen LogP contribution in [0, 0.1) is 6.92 Å². The molecule has 0 aliphatic heterocycles. The number of nitrogens with zero attached hydrogens (tertiary/aromatic N) is 2. The summed E-state index contributed by atoms with van der Waals surface area (Å²) < 4.78 is 6.00. The monoisotopic (exact) mass is 448 g/mol. The van der Waals surface area contributed by atoms with Crippen molar-refractivity contribution in [1.82, 2.24) is 9.97 Å². The average Bonchev–Trinajstić information content (AvgIpc) is 3.22. The Morgan fingerprint density at radius 1 is 1.09 bits per heavy atom. The zero-order valence-electron chi connectivity index (χ0n) is 17.6. The van der Waals surface area contributed by atoms with Crippen molar-refractivity contribution in [1.29, 1.82) is 0 Å². The molecule has 0 saturated carbocycles. The van der Waals surface area contributed by atoms with E-state index in [1.807, 2.05) is 37.3 Å². The normalized spacial score (nSPS) is 10.7. The number of anilines is 2. The lowest BCUT2D eigenvalue weighted by Crippen LogP contribution is -2.20. The Labute approximate surface area is 190 Å². The number of carbonyl (C=O) groups is 2. The Bertz CT molecular complexity index is 1290. The SMILES string of the molecule is CCOC(=O)Nc1ccc(-c2nc3ccc(C(=O)N(Cl)c4ccccc4)cc3[nH]2)c(C)c1. The lowest BCUT2D eigenvalue weighted by Gasteiger charge is -2.13. The molecule has 1 heterocycles. The van der Waals surface area contributed by atoms with Gasteiger partial charge in [-0.25, -0.2) is 14.2 Å². The summed E-state index contributed by atoms with van der Waals surface area (Å²) in [6.45, 7) is 3.99. The van der Waals surface area contributed by atoms with Crippen LogP contribution in [-0.2, 0) is 4.74 Å². The first-order valence-corrected chi connectivity index (χ1v) is 10.4. The van der Waals surface area contributed by atoms with Crippen molar-refractivity contribution in [2.75, 3.05) is 16.3 Å². The van der Waals surface area contributed by atoms with Gasteiger partial charge in [-0.1, -0.05) is 18.2 Å². The number of aryl methyl sites for hydroxylation is 1. The van der Waals surface area contributed by atoms with Crippen LogP contribution in [0.4, 0.5) is 16.2 Å². The van der Waals surface area contributed by atoms with Crippen molar-refractivity contribution in [3.05, 3.63) is 77.9 Å². The molecule has 0 saturated heterocycles. The summed E-state index contributed by atoms with van der Waals surface area (Å²) in [6, 6.07) is 19.7. The van der Waals surface area contributed by atoms with Crippen molar-refractivity contribution in [2.24, 2.45) is 0 Å². The van der Waals surface area contributed by atoms with Crippen LogP contribution in [0.25, 0.3) is 22.4 Å². The number of nitrogens with one attached hydrogen (secondary N) is 2. The molecule has 0 aliphatic rings. The van der Waals surface area contributed by atoms with Gasteiger partial charge in [0, 0.05) is 28.6 Å². The second-order valence-corrected chi connectivity index (χ2v) is 7.45. The minimum atomic E-state index is -0.496. The van der Waals surface area contributed by atoms with Crippen LogP contribution in [0.3, 0.4) is 0 Å². The standard InChI is InChI=1S/C24H21ClN4O3/c1-3-32-24(31)26-17-10-11-19(15(2)13-17)22-27-20-12-9-16(14-21(20)28-22)23(30)29(25)18-7-5-4-6-8-18/h4-14H,3H2,1-2H3,(H,26,31)(H,27,28). The molecule has 162 valence electrons. The van der Waals surface area contributed by atoms with Crippen LogP contribution in [0.1, 0.15) is 22.8 Å². The number of hydrogen-bond acceptors (Lipinski definition) is 4. The van der Waals surface area contributed by atoms with Crippen molar-refractivity contribution < 1.29 is 14.3 Å². The lowest BCUT2D eigenvalue weighted by molar-refractivity contribution is 0.101. The molecule has 2 amide bonds. The second kappa shape index (κ2) is 9.11. The number of amides is 2. The van der Waals surface area contributed by atoms with Gasteiger partial charge in [0.15, 0.2) is 0 Å². The maximum absolute atomic E-state index is 12.8. The third kappa shape index (κ3) is 4.43. The van der Waals surface area contributed by atoms with Gasteiger partial charge in [-0.15, -0.1) is 0 Å². The fourth-order valence-corrected chi connectivity index (χ4v) is 3.56. The van der Waals surface area contributed by atoms with Gasteiger partial charge in [-0.05, 0) is 67.9 Å². The summed E-state index contributed by atoms with van der Waals surface area (Å²) in [5, 5.41) is 2.69. The first kappa shape index (κ1) is 21.4. The molecule has 0 aliphatic carbocycles. The number of para-hydroxylation sites is 1. The van der Waals surface area contributed by atoms with E-state index >= 15 is 0 Å². The highest BCUT2D eigenvalue weighted by atomic mass is 35.5. The molecule has 1 aromatic heterocycles. The number of fused-ring (bicyclic) bond motifs is 1. The number of imidazole rings is 1. The topological polar surface area (TPSA) is 87.3 Å². The number of halogens is 1. The average molecular weight is 449 g/mol. The second-order valence-electron chi connectivity index (χ2n) is 7.11. The molecule has 0 spiro atoms. The number of carbonyl (C=O) groups excluding carboxylic acids is 2. The van der Waals surface area contributed by atoms with Crippen LogP contribution < -0.4 is 9.74 Å². The van der Waals surface area contributed by atoms with Crippen LogP contribution in [0.5, 0.6) is 0 Å². The Morgan fingerprint density at radius 2 is 1.88 bits per heavy atom. The zero-order chi connectivity index (χ0) is 22.7. The third-order valence-electron chi connectivity index (χ3n) is 4.89. The van der Waals surface area contributed by atoms with E-state index in [9.17, 15) is 9.59 Å². The molecule has 0 bridgehead atoms. The molecule has 7 nitrogen and oxygen atoms in total. The molecule has 0 radical (unpaired) electrons. The van der Waals surface area contributed by atoms with Crippen LogP contribution >= 0.6 is 11.8 Å². The predicted molar refractivity (Wildman–Crippen MR) is 126 cm³/mol. The molecule has 0 atom stereocenters. The van der Waals surface area contributed by atoms with E-state index in [-0.39, 0.29) is 5.91 Å². The first-order valence-electron chi connectivity index (χ1n) is 10.1. The largest absolute Gasteiger partial charge is 0.450 e. The Balaban J connectivity index is 1.59. The number of rotatable bonds is 5. The first-order chi connectivity index (χ1) is 15.5. The summed E-state index contributed by atoms with van der Waals surface area (Å²) in [5.41, 5.74) is 4.92. The lowest BCUT2D eigenvalue weighted by atomic mass is 10.1. The molecule has 4 rings (SSSR count). The highest BCUT2D eigenvalue weighted by molar-refractivity contribution is 6.39. The molecule has 32 heavy (non-hydrogen) atoms. The van der Waals surface area contributed by atoms with E-state index in [0.717, 1.165) is 26.6 Å². The van der Waals surface area contributed by atoms with E-state index in [2.05, 4.69) is 15.3 Å². The summed E-state index contributed by atoms with van der Waals surface area (Å²) in [4.78, 5) is 32.3. The van der Waals surface area contributed by atoms with E-state index in [1.165, 1.54) is 0 Å². The van der Waals surface area contributed by atoms with Crippen LogP contribution in [0.2, 0.25) is 0 Å². The maximum atomic E-state index is 12.8. The zero-order valence-corrected chi connectivity index (χ0v) is 18.3. The van der Waals surface area contributed by atoms with Gasteiger partial charge in [0.1, 0.15) is 5.82 Å². The van der Waals surface area contributed by atoms with Crippen molar-refractivity contribution in [3.63, 3.8) is 0 Å². The van der Waals surface area contributed by atoms with Crippen LogP contribution in [-0.4, -0.2) is 28.6 Å². The van der Waals surface area contributed by atoms with Gasteiger partial charge >= 0.3 is 6.09 Å². The van der Waals surface area contributed by atoms with Gasteiger partial charge in [0.2, 0.25) is 0 Å². The molecule has 0 fully saturated rings.